The first kappa shape index (κ1) is 12.6. The molecule has 1 aliphatic heterocycles. The summed E-state index contributed by atoms with van der Waals surface area (Å²) in [5, 5.41) is 0.651. The number of anilines is 1. The highest BCUT2D eigenvalue weighted by atomic mass is 35.5. The lowest BCUT2D eigenvalue weighted by Gasteiger charge is -2.38. The molecule has 94 valence electrons. The molecule has 1 fully saturated rings. The average Bonchev–Trinajstić information content (AvgIpc) is 2.33. The molecule has 1 aliphatic rings. The minimum atomic E-state index is 0.385. The monoisotopic (exact) mass is 254 g/mol. The SMILES string of the molecule is CC1CN(c2ccc(Cl)c(CN)n2)CCN1C. The van der Waals surface area contributed by atoms with Gasteiger partial charge in [-0.05, 0) is 26.1 Å². The molecule has 0 saturated carbocycles. The molecule has 4 nitrogen and oxygen atoms in total. The molecule has 2 heterocycles. The van der Waals surface area contributed by atoms with E-state index in [0.717, 1.165) is 31.1 Å². The maximum Gasteiger partial charge on any atom is 0.129 e. The Morgan fingerprint density at radius 1 is 1.47 bits per heavy atom. The Labute approximate surface area is 107 Å². The van der Waals surface area contributed by atoms with Crippen LogP contribution < -0.4 is 10.6 Å². The molecule has 2 N–H and O–H groups in total. The molecule has 17 heavy (non-hydrogen) atoms. The summed E-state index contributed by atoms with van der Waals surface area (Å²) < 4.78 is 0. The summed E-state index contributed by atoms with van der Waals surface area (Å²) in [6.07, 6.45) is 0. The van der Waals surface area contributed by atoms with Gasteiger partial charge in [-0.25, -0.2) is 4.98 Å². The third kappa shape index (κ3) is 2.70. The predicted molar refractivity (Wildman–Crippen MR) is 71.4 cm³/mol. The van der Waals surface area contributed by atoms with Crippen molar-refractivity contribution in [3.8, 4) is 0 Å². The quantitative estimate of drug-likeness (QED) is 0.865. The zero-order valence-electron chi connectivity index (χ0n) is 10.4. The lowest BCUT2D eigenvalue weighted by molar-refractivity contribution is 0.233. The van der Waals surface area contributed by atoms with Gasteiger partial charge in [-0.3, -0.25) is 0 Å². The van der Waals surface area contributed by atoms with Gasteiger partial charge in [-0.1, -0.05) is 11.6 Å². The Hall–Kier alpha value is -0.840. The number of pyridine rings is 1. The van der Waals surface area contributed by atoms with Gasteiger partial charge in [0.2, 0.25) is 0 Å². The topological polar surface area (TPSA) is 45.4 Å². The zero-order valence-corrected chi connectivity index (χ0v) is 11.1. The summed E-state index contributed by atoms with van der Waals surface area (Å²) in [7, 11) is 2.16. The van der Waals surface area contributed by atoms with Crippen molar-refractivity contribution in [3.05, 3.63) is 22.8 Å². The third-order valence-electron chi connectivity index (χ3n) is 3.38. The number of halogens is 1. The van der Waals surface area contributed by atoms with E-state index in [9.17, 15) is 0 Å². The van der Waals surface area contributed by atoms with Gasteiger partial charge in [0.15, 0.2) is 0 Å². The van der Waals surface area contributed by atoms with Crippen molar-refractivity contribution in [2.75, 3.05) is 31.6 Å². The lowest BCUT2D eigenvalue weighted by atomic mass is 10.2. The Bertz CT molecular complexity index is 396. The average molecular weight is 255 g/mol. The van der Waals surface area contributed by atoms with E-state index in [2.05, 4.69) is 28.8 Å². The highest BCUT2D eigenvalue weighted by Crippen LogP contribution is 2.21. The van der Waals surface area contributed by atoms with Crippen molar-refractivity contribution in [2.45, 2.75) is 19.5 Å². The van der Waals surface area contributed by atoms with Crippen LogP contribution in [0.2, 0.25) is 5.02 Å². The van der Waals surface area contributed by atoms with Gasteiger partial charge in [-0.2, -0.15) is 0 Å². The van der Waals surface area contributed by atoms with Crippen LogP contribution in [0.3, 0.4) is 0 Å². The second kappa shape index (κ2) is 5.21. The van der Waals surface area contributed by atoms with Crippen molar-refractivity contribution in [2.24, 2.45) is 5.73 Å². The second-order valence-electron chi connectivity index (χ2n) is 4.58. The number of piperazine rings is 1. The molecule has 1 saturated heterocycles. The molecule has 0 aliphatic carbocycles. The van der Waals surface area contributed by atoms with Crippen molar-refractivity contribution in [1.82, 2.24) is 9.88 Å². The first-order valence-corrected chi connectivity index (χ1v) is 6.30. The van der Waals surface area contributed by atoms with E-state index in [1.165, 1.54) is 0 Å². The molecule has 1 aromatic rings. The van der Waals surface area contributed by atoms with Gasteiger partial charge in [0.1, 0.15) is 5.82 Å². The number of likely N-dealkylation sites (N-methyl/N-ethyl adjacent to an activating group) is 1. The largest absolute Gasteiger partial charge is 0.354 e. The predicted octanol–water partition coefficient (Wildman–Crippen LogP) is 1.33. The van der Waals surface area contributed by atoms with E-state index in [4.69, 9.17) is 17.3 Å². The van der Waals surface area contributed by atoms with Crippen LogP contribution >= 0.6 is 11.6 Å². The van der Waals surface area contributed by atoms with Gasteiger partial charge < -0.3 is 15.5 Å². The Morgan fingerprint density at radius 2 is 2.24 bits per heavy atom. The van der Waals surface area contributed by atoms with E-state index in [1.807, 2.05) is 12.1 Å². The molecule has 0 aromatic carbocycles. The summed E-state index contributed by atoms with van der Waals surface area (Å²) in [4.78, 5) is 9.17. The van der Waals surface area contributed by atoms with Gasteiger partial charge in [0, 0.05) is 32.2 Å². The summed E-state index contributed by atoms with van der Waals surface area (Å²) in [6.45, 7) is 5.67. The van der Waals surface area contributed by atoms with E-state index in [1.54, 1.807) is 0 Å². The van der Waals surface area contributed by atoms with E-state index in [0.29, 0.717) is 17.6 Å². The van der Waals surface area contributed by atoms with E-state index < -0.39 is 0 Å². The smallest absolute Gasteiger partial charge is 0.129 e. The van der Waals surface area contributed by atoms with Crippen molar-refractivity contribution >= 4 is 17.4 Å². The summed E-state index contributed by atoms with van der Waals surface area (Å²) in [6, 6.07) is 4.40. The van der Waals surface area contributed by atoms with Crippen LogP contribution in [-0.2, 0) is 6.54 Å². The van der Waals surface area contributed by atoms with Crippen LogP contribution in [0.1, 0.15) is 12.6 Å². The van der Waals surface area contributed by atoms with Crippen molar-refractivity contribution in [3.63, 3.8) is 0 Å². The minimum Gasteiger partial charge on any atom is -0.354 e. The molecule has 0 bridgehead atoms. The third-order valence-corrected chi connectivity index (χ3v) is 3.73. The number of rotatable bonds is 2. The van der Waals surface area contributed by atoms with Crippen molar-refractivity contribution in [1.29, 1.82) is 0 Å². The van der Waals surface area contributed by atoms with Crippen molar-refractivity contribution < 1.29 is 0 Å². The molecule has 1 aromatic heterocycles. The van der Waals surface area contributed by atoms with Crippen LogP contribution in [-0.4, -0.2) is 42.6 Å². The van der Waals surface area contributed by atoms with Gasteiger partial charge in [-0.15, -0.1) is 0 Å². The first-order chi connectivity index (χ1) is 8.11. The number of hydrogen-bond donors (Lipinski definition) is 1. The maximum atomic E-state index is 6.02. The molecule has 5 heteroatoms. The summed E-state index contributed by atoms with van der Waals surface area (Å²) >= 11 is 6.02. The van der Waals surface area contributed by atoms with Crippen LogP contribution in [0.5, 0.6) is 0 Å². The Kier molecular flexibility index (Phi) is 3.86. The Morgan fingerprint density at radius 3 is 2.88 bits per heavy atom. The van der Waals surface area contributed by atoms with Crippen LogP contribution in [0.25, 0.3) is 0 Å². The van der Waals surface area contributed by atoms with E-state index in [-0.39, 0.29) is 0 Å². The highest BCUT2D eigenvalue weighted by molar-refractivity contribution is 6.31. The lowest BCUT2D eigenvalue weighted by Crippen LogP contribution is -2.50. The summed E-state index contributed by atoms with van der Waals surface area (Å²) in [5.74, 6) is 0.981. The number of nitrogens with two attached hydrogens (primary N) is 1. The van der Waals surface area contributed by atoms with Crippen LogP contribution in [0.15, 0.2) is 12.1 Å². The normalized spacial score (nSPS) is 21.9. The minimum absolute atomic E-state index is 0.385. The number of hydrogen-bond acceptors (Lipinski definition) is 4. The molecule has 2 rings (SSSR count). The van der Waals surface area contributed by atoms with Gasteiger partial charge in [0.25, 0.3) is 0 Å². The molecule has 0 radical (unpaired) electrons. The zero-order chi connectivity index (χ0) is 12.4. The number of aromatic nitrogens is 1. The van der Waals surface area contributed by atoms with Gasteiger partial charge >= 0.3 is 0 Å². The second-order valence-corrected chi connectivity index (χ2v) is 4.98. The van der Waals surface area contributed by atoms with E-state index >= 15 is 0 Å². The molecule has 1 atom stereocenters. The molecule has 0 spiro atoms. The van der Waals surface area contributed by atoms with Crippen LogP contribution in [0.4, 0.5) is 5.82 Å². The fraction of sp³-hybridized carbons (Fsp3) is 0.583. The molecular formula is C12H19ClN4. The molecule has 0 amide bonds. The summed E-state index contributed by atoms with van der Waals surface area (Å²) in [5.41, 5.74) is 6.40. The van der Waals surface area contributed by atoms with Crippen LogP contribution in [0, 0.1) is 0 Å². The maximum absolute atomic E-state index is 6.02. The molecule has 1 unspecified atom stereocenters. The van der Waals surface area contributed by atoms with Gasteiger partial charge in [0.05, 0.1) is 10.7 Å². The number of nitrogens with zero attached hydrogens (tertiary/aromatic N) is 3. The first-order valence-electron chi connectivity index (χ1n) is 5.92. The molecular weight excluding hydrogens is 236 g/mol. The fourth-order valence-electron chi connectivity index (χ4n) is 2.05. The highest BCUT2D eigenvalue weighted by Gasteiger charge is 2.21. The standard InChI is InChI=1S/C12H19ClN4/c1-9-8-17(6-5-16(9)2)12-4-3-10(13)11(7-14)15-12/h3-4,9H,5-8,14H2,1-2H3. The fourth-order valence-corrected chi connectivity index (χ4v) is 2.23. The Balaban J connectivity index is 2.17.